The van der Waals surface area contributed by atoms with Crippen LogP contribution in [-0.4, -0.2) is 21.8 Å². The second-order valence-corrected chi connectivity index (χ2v) is 7.36. The Morgan fingerprint density at radius 1 is 1.06 bits per heavy atom. The van der Waals surface area contributed by atoms with Gasteiger partial charge in [0, 0.05) is 6.54 Å². The van der Waals surface area contributed by atoms with Crippen LogP contribution in [0.25, 0.3) is 0 Å². The molecule has 0 aliphatic carbocycles. The zero-order valence-electron chi connectivity index (χ0n) is 17.5. The fourth-order valence-corrected chi connectivity index (χ4v) is 3.26. The van der Waals surface area contributed by atoms with E-state index in [1.807, 2.05) is 24.3 Å². The summed E-state index contributed by atoms with van der Waals surface area (Å²) in [5, 5.41) is 9.87. The number of aromatic amines is 1. The molecule has 3 aromatic rings. The number of rotatable bonds is 11. The molecule has 0 bridgehead atoms. The van der Waals surface area contributed by atoms with Crippen LogP contribution in [0.4, 0.5) is 13.2 Å². The number of unbranched alkanes of at least 4 members (excludes halogenated alkanes) is 3. The van der Waals surface area contributed by atoms with Crippen molar-refractivity contribution in [1.29, 1.82) is 0 Å². The quantitative estimate of drug-likeness (QED) is 0.384. The third-order valence-electron chi connectivity index (χ3n) is 4.95. The maximum absolute atomic E-state index is 13.1. The van der Waals surface area contributed by atoms with Crippen molar-refractivity contribution in [3.8, 4) is 5.75 Å². The van der Waals surface area contributed by atoms with Crippen LogP contribution in [0.3, 0.4) is 0 Å². The highest BCUT2D eigenvalue weighted by Crippen LogP contribution is 2.31. The van der Waals surface area contributed by atoms with E-state index in [9.17, 15) is 13.2 Å². The Morgan fingerprint density at radius 2 is 1.87 bits per heavy atom. The number of ether oxygens (including phenoxy) is 1. The topological polar surface area (TPSA) is 62.8 Å². The summed E-state index contributed by atoms with van der Waals surface area (Å²) in [5.41, 5.74) is 0.741. The highest BCUT2D eigenvalue weighted by molar-refractivity contribution is 5.32. The van der Waals surface area contributed by atoms with Crippen LogP contribution in [0.2, 0.25) is 0 Å². The summed E-state index contributed by atoms with van der Waals surface area (Å²) in [6.45, 7) is 3.31. The lowest BCUT2D eigenvalue weighted by molar-refractivity contribution is -0.137. The fourth-order valence-electron chi connectivity index (χ4n) is 3.26. The van der Waals surface area contributed by atoms with Crippen molar-refractivity contribution >= 4 is 0 Å². The Labute approximate surface area is 180 Å². The first kappa shape index (κ1) is 22.8. The molecule has 0 fully saturated rings. The van der Waals surface area contributed by atoms with Gasteiger partial charge in [0.2, 0.25) is 0 Å². The van der Waals surface area contributed by atoms with E-state index in [0.29, 0.717) is 24.5 Å². The summed E-state index contributed by atoms with van der Waals surface area (Å²) in [6.07, 6.45) is 1.53. The molecule has 0 saturated heterocycles. The van der Waals surface area contributed by atoms with Crippen LogP contribution in [0.1, 0.15) is 61.2 Å². The number of halogens is 3. The molecule has 0 aliphatic rings. The fraction of sp³-hybridized carbons (Fsp3) is 0.391. The third kappa shape index (κ3) is 6.82. The number of aromatic nitrogens is 3. The molecule has 0 saturated carbocycles. The summed E-state index contributed by atoms with van der Waals surface area (Å²) < 4.78 is 45.2. The van der Waals surface area contributed by atoms with Crippen LogP contribution < -0.4 is 10.1 Å². The molecule has 1 unspecified atom stereocenters. The Bertz CT molecular complexity index is 911. The van der Waals surface area contributed by atoms with E-state index in [4.69, 9.17) is 4.74 Å². The van der Waals surface area contributed by atoms with E-state index < -0.39 is 17.8 Å². The maximum Gasteiger partial charge on any atom is 0.416 e. The van der Waals surface area contributed by atoms with E-state index >= 15 is 0 Å². The number of benzene rings is 2. The SMILES string of the molecule is CCCCCCOc1ccc(CNC(c2cccc(C(F)(F)F)c2)c2ncn[nH]2)cc1. The zero-order chi connectivity index (χ0) is 22.1. The molecule has 1 atom stereocenters. The number of nitrogens with zero attached hydrogens (tertiary/aromatic N) is 2. The second kappa shape index (κ2) is 10.9. The molecule has 5 nitrogen and oxygen atoms in total. The zero-order valence-corrected chi connectivity index (χ0v) is 17.5. The molecular weight excluding hydrogens is 405 g/mol. The molecule has 31 heavy (non-hydrogen) atoms. The van der Waals surface area contributed by atoms with Crippen molar-refractivity contribution in [3.63, 3.8) is 0 Å². The van der Waals surface area contributed by atoms with Crippen molar-refractivity contribution in [2.24, 2.45) is 0 Å². The molecule has 0 radical (unpaired) electrons. The van der Waals surface area contributed by atoms with Crippen molar-refractivity contribution in [3.05, 3.63) is 77.4 Å². The standard InChI is InChI=1S/C23H27F3N4O/c1-2-3-4-5-13-31-20-11-9-17(10-12-20)15-27-21(22-28-16-29-30-22)18-7-6-8-19(14-18)23(24,25)26/h6-12,14,16,21,27H,2-5,13,15H2,1H3,(H,28,29,30). The molecule has 0 spiro atoms. The summed E-state index contributed by atoms with van der Waals surface area (Å²) in [5.74, 6) is 1.26. The predicted molar refractivity (Wildman–Crippen MR) is 113 cm³/mol. The van der Waals surface area contributed by atoms with E-state index in [1.165, 1.54) is 25.2 Å². The largest absolute Gasteiger partial charge is 0.494 e. The van der Waals surface area contributed by atoms with Crippen LogP contribution in [0.15, 0.2) is 54.9 Å². The van der Waals surface area contributed by atoms with Gasteiger partial charge in [-0.15, -0.1) is 0 Å². The third-order valence-corrected chi connectivity index (χ3v) is 4.95. The van der Waals surface area contributed by atoms with Crippen LogP contribution in [-0.2, 0) is 12.7 Å². The van der Waals surface area contributed by atoms with Gasteiger partial charge in [-0.05, 0) is 41.8 Å². The van der Waals surface area contributed by atoms with Gasteiger partial charge in [0.25, 0.3) is 0 Å². The van der Waals surface area contributed by atoms with Crippen molar-refractivity contribution in [1.82, 2.24) is 20.5 Å². The van der Waals surface area contributed by atoms with Crippen molar-refractivity contribution in [2.75, 3.05) is 6.61 Å². The van der Waals surface area contributed by atoms with E-state index in [-0.39, 0.29) is 0 Å². The lowest BCUT2D eigenvalue weighted by Gasteiger charge is -2.18. The molecule has 3 rings (SSSR count). The van der Waals surface area contributed by atoms with Gasteiger partial charge in [-0.1, -0.05) is 50.5 Å². The average molecular weight is 432 g/mol. The average Bonchev–Trinajstić information content (AvgIpc) is 3.29. The van der Waals surface area contributed by atoms with Gasteiger partial charge in [0.1, 0.15) is 17.9 Å². The monoisotopic (exact) mass is 432 g/mol. The van der Waals surface area contributed by atoms with Crippen LogP contribution >= 0.6 is 0 Å². The summed E-state index contributed by atoms with van der Waals surface area (Å²) >= 11 is 0. The molecule has 1 heterocycles. The number of alkyl halides is 3. The van der Waals surface area contributed by atoms with Gasteiger partial charge < -0.3 is 4.74 Å². The van der Waals surface area contributed by atoms with E-state index in [1.54, 1.807) is 6.07 Å². The van der Waals surface area contributed by atoms with E-state index in [2.05, 4.69) is 27.4 Å². The molecule has 2 N–H and O–H groups in total. The maximum atomic E-state index is 13.1. The highest BCUT2D eigenvalue weighted by atomic mass is 19.4. The van der Waals surface area contributed by atoms with Gasteiger partial charge in [-0.3, -0.25) is 10.4 Å². The minimum Gasteiger partial charge on any atom is -0.494 e. The van der Waals surface area contributed by atoms with Crippen LogP contribution in [0.5, 0.6) is 5.75 Å². The number of hydrogen-bond acceptors (Lipinski definition) is 4. The first-order valence-electron chi connectivity index (χ1n) is 10.4. The highest BCUT2D eigenvalue weighted by Gasteiger charge is 2.31. The van der Waals surface area contributed by atoms with E-state index in [0.717, 1.165) is 36.3 Å². The van der Waals surface area contributed by atoms with Gasteiger partial charge in [0.05, 0.1) is 18.2 Å². The molecule has 0 amide bonds. The Hall–Kier alpha value is -2.87. The number of nitrogens with one attached hydrogen (secondary N) is 2. The lowest BCUT2D eigenvalue weighted by Crippen LogP contribution is -2.23. The van der Waals surface area contributed by atoms with Gasteiger partial charge in [-0.2, -0.15) is 18.3 Å². The van der Waals surface area contributed by atoms with Crippen molar-refractivity contribution in [2.45, 2.75) is 51.4 Å². The molecule has 8 heteroatoms. The van der Waals surface area contributed by atoms with Crippen LogP contribution in [0, 0.1) is 0 Å². The summed E-state index contributed by atoms with van der Waals surface area (Å²) in [6, 6.07) is 12.4. The summed E-state index contributed by atoms with van der Waals surface area (Å²) in [4.78, 5) is 4.14. The van der Waals surface area contributed by atoms with Gasteiger partial charge in [0.15, 0.2) is 0 Å². The smallest absolute Gasteiger partial charge is 0.416 e. The van der Waals surface area contributed by atoms with Gasteiger partial charge >= 0.3 is 6.18 Å². The molecule has 166 valence electrons. The first-order chi connectivity index (χ1) is 15.0. The summed E-state index contributed by atoms with van der Waals surface area (Å²) in [7, 11) is 0. The minimum atomic E-state index is -4.41. The second-order valence-electron chi connectivity index (χ2n) is 7.36. The predicted octanol–water partition coefficient (Wildman–Crippen LogP) is 5.66. The molecule has 2 aromatic carbocycles. The number of hydrogen-bond donors (Lipinski definition) is 2. The lowest BCUT2D eigenvalue weighted by atomic mass is 10.0. The minimum absolute atomic E-state index is 0.443. The Balaban J connectivity index is 1.64. The number of H-pyrrole nitrogens is 1. The molecular formula is C23H27F3N4O. The van der Waals surface area contributed by atoms with Crippen molar-refractivity contribution < 1.29 is 17.9 Å². The molecule has 1 aromatic heterocycles. The first-order valence-corrected chi connectivity index (χ1v) is 10.4. The van der Waals surface area contributed by atoms with Gasteiger partial charge in [-0.25, -0.2) is 4.98 Å². The Morgan fingerprint density at radius 3 is 2.55 bits per heavy atom. The molecule has 0 aliphatic heterocycles. The Kier molecular flexibility index (Phi) is 8.06. The normalized spacial score (nSPS) is 12.6.